The molecule has 0 atom stereocenters. The lowest BCUT2D eigenvalue weighted by Gasteiger charge is -2.30. The quantitative estimate of drug-likeness (QED) is 0.229. The van der Waals surface area contributed by atoms with Gasteiger partial charge >= 0.3 is 0 Å². The topological polar surface area (TPSA) is 94.3 Å². The Morgan fingerprint density at radius 2 is 1.31 bits per heavy atom. The first-order valence-electron chi connectivity index (χ1n) is 12.6. The summed E-state index contributed by atoms with van der Waals surface area (Å²) in [6.07, 6.45) is 8.89. The van der Waals surface area contributed by atoms with Gasteiger partial charge in [0.25, 0.3) is 0 Å². The first-order chi connectivity index (χ1) is 17.7. The van der Waals surface area contributed by atoms with Gasteiger partial charge in [-0.05, 0) is 74.4 Å². The first kappa shape index (κ1) is 24.1. The van der Waals surface area contributed by atoms with E-state index < -0.39 is 0 Å². The number of aromatic nitrogens is 3. The van der Waals surface area contributed by atoms with E-state index in [9.17, 15) is 0 Å². The lowest BCUT2D eigenvalue weighted by atomic mass is 10.1. The molecule has 2 saturated heterocycles. The van der Waals surface area contributed by atoms with Gasteiger partial charge in [0.2, 0.25) is 17.8 Å². The van der Waals surface area contributed by atoms with Crippen LogP contribution in [0.5, 0.6) is 0 Å². The number of nitrogens with zero attached hydrogens (tertiary/aromatic N) is 8. The van der Waals surface area contributed by atoms with Crippen LogP contribution in [0.15, 0.2) is 63.9 Å². The van der Waals surface area contributed by atoms with Gasteiger partial charge in [-0.25, -0.2) is 5.43 Å². The second-order valence-electron chi connectivity index (χ2n) is 9.00. The second-order valence-corrected chi connectivity index (χ2v) is 9.44. The van der Waals surface area contributed by atoms with Crippen LogP contribution in [0, 0.1) is 0 Å². The standard InChI is InChI=1S/C26H30ClN9/c27-21-10-8-12-23(18-21)33-32-22-11-7-9-20(17-22)19-28-34-24-29-25(35-13-3-1-4-14-35)31-26(30-24)36-15-5-2-6-16-36/h7-12,17-19H,1-6,13-16H2,(H,29,30,31,34)/b28-19-,33-32?. The Kier molecular flexibility index (Phi) is 7.97. The molecule has 0 aliphatic carbocycles. The Hall–Kier alpha value is -3.59. The van der Waals surface area contributed by atoms with E-state index >= 15 is 0 Å². The van der Waals surface area contributed by atoms with Gasteiger partial charge in [0.15, 0.2) is 0 Å². The van der Waals surface area contributed by atoms with Crippen molar-refractivity contribution >= 4 is 47.0 Å². The highest BCUT2D eigenvalue weighted by Gasteiger charge is 2.20. The largest absolute Gasteiger partial charge is 0.341 e. The first-order valence-corrected chi connectivity index (χ1v) is 12.9. The van der Waals surface area contributed by atoms with Gasteiger partial charge < -0.3 is 9.80 Å². The number of hydrogen-bond acceptors (Lipinski definition) is 9. The number of rotatable bonds is 7. The Bertz CT molecular complexity index is 1180. The Morgan fingerprint density at radius 3 is 1.92 bits per heavy atom. The van der Waals surface area contributed by atoms with Crippen molar-refractivity contribution in [2.75, 3.05) is 41.4 Å². The molecule has 9 nitrogen and oxygen atoms in total. The molecule has 2 fully saturated rings. The van der Waals surface area contributed by atoms with Crippen LogP contribution < -0.4 is 15.2 Å². The smallest absolute Gasteiger partial charge is 0.250 e. The lowest BCUT2D eigenvalue weighted by molar-refractivity contribution is 0.556. The fourth-order valence-electron chi connectivity index (χ4n) is 4.36. The van der Waals surface area contributed by atoms with E-state index in [2.05, 4.69) is 40.5 Å². The van der Waals surface area contributed by atoms with Gasteiger partial charge in [-0.1, -0.05) is 29.8 Å². The molecule has 1 aromatic heterocycles. The number of benzene rings is 2. The summed E-state index contributed by atoms with van der Waals surface area (Å²) in [5.41, 5.74) is 5.32. The minimum atomic E-state index is 0.458. The van der Waals surface area contributed by atoms with Gasteiger partial charge in [-0.2, -0.15) is 30.3 Å². The average Bonchev–Trinajstić information content (AvgIpc) is 2.93. The summed E-state index contributed by atoms with van der Waals surface area (Å²) in [7, 11) is 0. The molecule has 2 aromatic carbocycles. The van der Waals surface area contributed by atoms with Crippen LogP contribution in [0.25, 0.3) is 0 Å². The maximum atomic E-state index is 6.02. The molecule has 0 unspecified atom stereocenters. The van der Waals surface area contributed by atoms with Crippen LogP contribution in [0.2, 0.25) is 5.02 Å². The van der Waals surface area contributed by atoms with E-state index in [-0.39, 0.29) is 0 Å². The Balaban J connectivity index is 1.30. The Morgan fingerprint density at radius 1 is 0.722 bits per heavy atom. The number of halogens is 1. The maximum absolute atomic E-state index is 6.02. The summed E-state index contributed by atoms with van der Waals surface area (Å²) >= 11 is 6.02. The van der Waals surface area contributed by atoms with Crippen molar-refractivity contribution in [1.29, 1.82) is 0 Å². The van der Waals surface area contributed by atoms with E-state index in [4.69, 9.17) is 16.6 Å². The molecular weight excluding hydrogens is 474 g/mol. The SMILES string of the molecule is Clc1cccc(N=Nc2cccc(/C=N\Nc3nc(N4CCCCC4)nc(N4CCCCC4)n3)c2)c1. The van der Waals surface area contributed by atoms with Crippen molar-refractivity contribution < 1.29 is 0 Å². The van der Waals surface area contributed by atoms with E-state index in [1.54, 1.807) is 12.3 Å². The van der Waals surface area contributed by atoms with Gasteiger partial charge in [0.05, 0.1) is 17.6 Å². The fourth-order valence-corrected chi connectivity index (χ4v) is 4.54. The number of nitrogens with one attached hydrogen (secondary N) is 1. The molecule has 10 heteroatoms. The number of anilines is 3. The normalized spacial score (nSPS) is 16.7. The van der Waals surface area contributed by atoms with Crippen molar-refractivity contribution in [1.82, 2.24) is 15.0 Å². The molecule has 2 aliphatic rings. The number of piperidine rings is 2. The van der Waals surface area contributed by atoms with Crippen molar-refractivity contribution in [3.8, 4) is 0 Å². The van der Waals surface area contributed by atoms with Crippen LogP contribution in [0.1, 0.15) is 44.1 Å². The Labute approximate surface area is 216 Å². The summed E-state index contributed by atoms with van der Waals surface area (Å²) in [5, 5.41) is 13.6. The highest BCUT2D eigenvalue weighted by molar-refractivity contribution is 6.30. The van der Waals surface area contributed by atoms with Crippen LogP contribution in [-0.4, -0.2) is 47.3 Å². The zero-order chi connectivity index (χ0) is 24.6. The van der Waals surface area contributed by atoms with Gasteiger partial charge in [0.1, 0.15) is 0 Å². The molecule has 5 rings (SSSR count). The molecular formula is C26H30ClN9. The average molecular weight is 504 g/mol. The number of azo groups is 1. The van der Waals surface area contributed by atoms with Crippen LogP contribution in [0.4, 0.5) is 29.2 Å². The monoisotopic (exact) mass is 503 g/mol. The zero-order valence-electron chi connectivity index (χ0n) is 20.2. The minimum Gasteiger partial charge on any atom is -0.341 e. The fraction of sp³-hybridized carbons (Fsp3) is 0.385. The molecule has 0 spiro atoms. The number of hydrogen-bond donors (Lipinski definition) is 1. The third kappa shape index (κ3) is 6.54. The van der Waals surface area contributed by atoms with E-state index in [0.29, 0.717) is 16.7 Å². The molecule has 3 aromatic rings. The van der Waals surface area contributed by atoms with Gasteiger partial charge in [0, 0.05) is 31.2 Å². The summed E-state index contributed by atoms with van der Waals surface area (Å²) in [4.78, 5) is 18.7. The zero-order valence-corrected chi connectivity index (χ0v) is 21.0. The molecule has 36 heavy (non-hydrogen) atoms. The molecule has 0 saturated carbocycles. The number of hydrazone groups is 1. The van der Waals surface area contributed by atoms with Crippen molar-refractivity contribution in [2.24, 2.45) is 15.3 Å². The van der Waals surface area contributed by atoms with E-state index in [0.717, 1.165) is 75.0 Å². The van der Waals surface area contributed by atoms with Crippen molar-refractivity contribution in [2.45, 2.75) is 38.5 Å². The third-order valence-electron chi connectivity index (χ3n) is 6.23. The maximum Gasteiger partial charge on any atom is 0.250 e. The molecule has 0 amide bonds. The highest BCUT2D eigenvalue weighted by Crippen LogP contribution is 2.23. The highest BCUT2D eigenvalue weighted by atomic mass is 35.5. The predicted octanol–water partition coefficient (Wildman–Crippen LogP) is 6.37. The van der Waals surface area contributed by atoms with E-state index in [1.807, 2.05) is 42.5 Å². The van der Waals surface area contributed by atoms with Crippen LogP contribution in [-0.2, 0) is 0 Å². The second kappa shape index (κ2) is 11.9. The van der Waals surface area contributed by atoms with Crippen molar-refractivity contribution in [3.63, 3.8) is 0 Å². The van der Waals surface area contributed by atoms with E-state index in [1.165, 1.54) is 12.8 Å². The molecule has 0 radical (unpaired) electrons. The minimum absolute atomic E-state index is 0.458. The molecule has 186 valence electrons. The molecule has 1 N–H and O–H groups in total. The summed E-state index contributed by atoms with van der Waals surface area (Å²) in [6, 6.07) is 14.9. The summed E-state index contributed by atoms with van der Waals surface area (Å²) in [6.45, 7) is 3.90. The molecule has 3 heterocycles. The molecule has 0 bridgehead atoms. The summed E-state index contributed by atoms with van der Waals surface area (Å²) in [5.74, 6) is 1.91. The van der Waals surface area contributed by atoms with Gasteiger partial charge in [-0.3, -0.25) is 0 Å². The van der Waals surface area contributed by atoms with Gasteiger partial charge in [-0.15, -0.1) is 0 Å². The summed E-state index contributed by atoms with van der Waals surface area (Å²) < 4.78 is 0. The lowest BCUT2D eigenvalue weighted by Crippen LogP contribution is -2.34. The third-order valence-corrected chi connectivity index (χ3v) is 6.46. The predicted molar refractivity (Wildman–Crippen MR) is 145 cm³/mol. The van der Waals surface area contributed by atoms with Crippen LogP contribution in [0.3, 0.4) is 0 Å². The van der Waals surface area contributed by atoms with Crippen LogP contribution >= 0.6 is 11.6 Å². The van der Waals surface area contributed by atoms with Crippen molar-refractivity contribution in [3.05, 3.63) is 59.1 Å². The molecule has 2 aliphatic heterocycles.